The maximum atomic E-state index is 11.6. The van der Waals surface area contributed by atoms with Gasteiger partial charge in [0.1, 0.15) is 5.78 Å². The molecule has 0 saturated carbocycles. The van der Waals surface area contributed by atoms with Crippen LogP contribution in [-0.4, -0.2) is 16.2 Å². The van der Waals surface area contributed by atoms with Crippen molar-refractivity contribution >= 4 is 5.78 Å². The van der Waals surface area contributed by atoms with Gasteiger partial charge in [-0.05, 0) is 5.56 Å². The predicted molar refractivity (Wildman–Crippen MR) is 70.2 cm³/mol. The first-order valence-electron chi connectivity index (χ1n) is 6.10. The van der Waals surface area contributed by atoms with Crippen molar-refractivity contribution in [3.63, 3.8) is 0 Å². The number of nitrogens with zero attached hydrogens (tertiary/aromatic N) is 1. The quantitative estimate of drug-likeness (QED) is 0.574. The van der Waals surface area contributed by atoms with E-state index in [1.165, 1.54) is 0 Å². The number of carbonyl (C=O) groups is 1. The number of nitro groups is 1. The molecule has 1 atom stereocenters. The number of benzene rings is 1. The molecule has 1 rings (SSSR count). The SMILES string of the molecule is CCC(=O)CC(c1ccccc1)C(C)(C)[N+](=O)[O-]. The molecule has 1 aromatic carbocycles. The summed E-state index contributed by atoms with van der Waals surface area (Å²) in [6.45, 7) is 4.94. The second-order valence-electron chi connectivity index (χ2n) is 4.97. The molecule has 0 aliphatic rings. The molecular formula is C14H19NO3. The molecule has 4 heteroatoms. The first-order chi connectivity index (χ1) is 8.39. The molecule has 1 unspecified atom stereocenters. The summed E-state index contributed by atoms with van der Waals surface area (Å²) in [6.07, 6.45) is 0.631. The van der Waals surface area contributed by atoms with Crippen LogP contribution in [0.4, 0.5) is 0 Å². The molecule has 0 aliphatic heterocycles. The van der Waals surface area contributed by atoms with E-state index >= 15 is 0 Å². The Morgan fingerprint density at radius 3 is 2.33 bits per heavy atom. The summed E-state index contributed by atoms with van der Waals surface area (Å²) in [7, 11) is 0. The second kappa shape index (κ2) is 5.76. The van der Waals surface area contributed by atoms with E-state index in [9.17, 15) is 14.9 Å². The molecule has 1 aromatic rings. The Kier molecular flexibility index (Phi) is 4.59. The largest absolute Gasteiger partial charge is 0.300 e. The zero-order valence-electron chi connectivity index (χ0n) is 11.1. The van der Waals surface area contributed by atoms with Crippen molar-refractivity contribution in [2.24, 2.45) is 0 Å². The summed E-state index contributed by atoms with van der Waals surface area (Å²) in [5, 5.41) is 11.2. The number of rotatable bonds is 6. The van der Waals surface area contributed by atoms with Gasteiger partial charge in [0.25, 0.3) is 0 Å². The van der Waals surface area contributed by atoms with Crippen LogP contribution in [0.25, 0.3) is 0 Å². The molecule has 18 heavy (non-hydrogen) atoms. The Labute approximate surface area is 107 Å². The molecule has 0 aromatic heterocycles. The average Bonchev–Trinajstić information content (AvgIpc) is 2.36. The van der Waals surface area contributed by atoms with E-state index in [4.69, 9.17) is 0 Å². The molecule has 0 heterocycles. The van der Waals surface area contributed by atoms with E-state index in [0.717, 1.165) is 5.56 Å². The zero-order chi connectivity index (χ0) is 13.8. The molecule has 0 bridgehead atoms. The number of ketones is 1. The highest BCUT2D eigenvalue weighted by Crippen LogP contribution is 2.34. The van der Waals surface area contributed by atoms with Crippen molar-refractivity contribution in [1.29, 1.82) is 0 Å². The number of Topliss-reactive ketones (excluding diaryl/α,β-unsaturated/α-hetero) is 1. The summed E-state index contributed by atoms with van der Waals surface area (Å²) in [4.78, 5) is 22.5. The predicted octanol–water partition coefficient (Wildman–Crippen LogP) is 3.19. The average molecular weight is 249 g/mol. The van der Waals surface area contributed by atoms with E-state index in [1.54, 1.807) is 20.8 Å². The van der Waals surface area contributed by atoms with E-state index < -0.39 is 5.54 Å². The van der Waals surface area contributed by atoms with Crippen molar-refractivity contribution in [3.8, 4) is 0 Å². The van der Waals surface area contributed by atoms with Gasteiger partial charge in [-0.25, -0.2) is 0 Å². The first-order valence-corrected chi connectivity index (χ1v) is 6.10. The van der Waals surface area contributed by atoms with Crippen LogP contribution in [0.15, 0.2) is 30.3 Å². The molecule has 98 valence electrons. The minimum atomic E-state index is -1.15. The van der Waals surface area contributed by atoms with E-state index in [0.29, 0.717) is 6.42 Å². The van der Waals surface area contributed by atoms with Crippen LogP contribution < -0.4 is 0 Å². The summed E-state index contributed by atoms with van der Waals surface area (Å²) < 4.78 is 0. The smallest absolute Gasteiger partial charge is 0.223 e. The summed E-state index contributed by atoms with van der Waals surface area (Å²) >= 11 is 0. The van der Waals surface area contributed by atoms with Crippen molar-refractivity contribution < 1.29 is 9.72 Å². The van der Waals surface area contributed by atoms with Gasteiger partial charge in [0, 0.05) is 31.6 Å². The Balaban J connectivity index is 3.11. The number of carbonyl (C=O) groups excluding carboxylic acids is 1. The van der Waals surface area contributed by atoms with Crippen LogP contribution in [0, 0.1) is 10.1 Å². The minimum absolute atomic E-state index is 0.0544. The van der Waals surface area contributed by atoms with Crippen LogP contribution in [0.3, 0.4) is 0 Å². The van der Waals surface area contributed by atoms with Gasteiger partial charge in [0.15, 0.2) is 0 Å². The lowest BCUT2D eigenvalue weighted by Gasteiger charge is -2.26. The lowest BCUT2D eigenvalue weighted by molar-refractivity contribution is -0.565. The fourth-order valence-corrected chi connectivity index (χ4v) is 1.96. The third-order valence-corrected chi connectivity index (χ3v) is 3.35. The molecule has 0 amide bonds. The van der Waals surface area contributed by atoms with Gasteiger partial charge in [-0.3, -0.25) is 14.9 Å². The van der Waals surface area contributed by atoms with Crippen molar-refractivity contribution in [2.45, 2.75) is 45.1 Å². The molecule has 0 N–H and O–H groups in total. The highest BCUT2D eigenvalue weighted by Gasteiger charge is 2.42. The Hall–Kier alpha value is -1.71. The molecule has 0 aliphatic carbocycles. The zero-order valence-corrected chi connectivity index (χ0v) is 11.1. The molecule has 0 saturated heterocycles. The molecule has 0 spiro atoms. The van der Waals surface area contributed by atoms with Crippen LogP contribution in [-0.2, 0) is 4.79 Å². The summed E-state index contributed by atoms with van der Waals surface area (Å²) in [5.74, 6) is -0.333. The Bertz CT molecular complexity index is 426. The van der Waals surface area contributed by atoms with Crippen molar-refractivity contribution in [1.82, 2.24) is 0 Å². The normalized spacial score (nSPS) is 13.1. The Morgan fingerprint density at radius 2 is 1.89 bits per heavy atom. The highest BCUT2D eigenvalue weighted by atomic mass is 16.6. The van der Waals surface area contributed by atoms with Crippen LogP contribution in [0.2, 0.25) is 0 Å². The lowest BCUT2D eigenvalue weighted by Crippen LogP contribution is -2.39. The van der Waals surface area contributed by atoms with Gasteiger partial charge in [0.2, 0.25) is 5.54 Å². The Morgan fingerprint density at radius 1 is 1.33 bits per heavy atom. The van der Waals surface area contributed by atoms with Crippen molar-refractivity contribution in [3.05, 3.63) is 46.0 Å². The minimum Gasteiger partial charge on any atom is -0.300 e. The van der Waals surface area contributed by atoms with Gasteiger partial charge >= 0.3 is 0 Å². The lowest BCUT2D eigenvalue weighted by atomic mass is 9.79. The van der Waals surface area contributed by atoms with E-state index in [1.807, 2.05) is 30.3 Å². The van der Waals surface area contributed by atoms with Crippen molar-refractivity contribution in [2.75, 3.05) is 0 Å². The fourth-order valence-electron chi connectivity index (χ4n) is 1.96. The first kappa shape index (κ1) is 14.4. The molecule has 0 fully saturated rings. The van der Waals surface area contributed by atoms with Crippen LogP contribution >= 0.6 is 0 Å². The maximum Gasteiger partial charge on any atom is 0.223 e. The third-order valence-electron chi connectivity index (χ3n) is 3.35. The topological polar surface area (TPSA) is 60.2 Å². The maximum absolute atomic E-state index is 11.6. The molecular weight excluding hydrogens is 230 g/mol. The third kappa shape index (κ3) is 3.15. The summed E-state index contributed by atoms with van der Waals surface area (Å²) in [5.41, 5.74) is -0.298. The van der Waals surface area contributed by atoms with E-state index in [-0.39, 0.29) is 23.0 Å². The summed E-state index contributed by atoms with van der Waals surface area (Å²) in [6, 6.07) is 9.24. The standard InChI is InChI=1S/C14H19NO3/c1-4-12(16)10-13(14(2,3)15(17)18)11-8-6-5-7-9-11/h5-9,13H,4,10H2,1-3H3. The van der Waals surface area contributed by atoms with Crippen LogP contribution in [0.1, 0.15) is 45.1 Å². The molecule has 0 radical (unpaired) electrons. The fraction of sp³-hybridized carbons (Fsp3) is 0.500. The highest BCUT2D eigenvalue weighted by molar-refractivity contribution is 5.79. The number of hydrogen-bond donors (Lipinski definition) is 0. The molecule has 4 nitrogen and oxygen atoms in total. The van der Waals surface area contributed by atoms with Crippen LogP contribution in [0.5, 0.6) is 0 Å². The van der Waals surface area contributed by atoms with E-state index in [2.05, 4.69) is 0 Å². The monoisotopic (exact) mass is 249 g/mol. The van der Waals surface area contributed by atoms with Gasteiger partial charge in [0.05, 0.1) is 5.92 Å². The van der Waals surface area contributed by atoms with Gasteiger partial charge in [-0.2, -0.15) is 0 Å². The van der Waals surface area contributed by atoms with Gasteiger partial charge in [-0.15, -0.1) is 0 Å². The van der Waals surface area contributed by atoms with Gasteiger partial charge < -0.3 is 0 Å². The van der Waals surface area contributed by atoms with Gasteiger partial charge in [-0.1, -0.05) is 37.3 Å². The second-order valence-corrected chi connectivity index (χ2v) is 4.97. The number of hydrogen-bond acceptors (Lipinski definition) is 3.